The van der Waals surface area contributed by atoms with Gasteiger partial charge in [-0.1, -0.05) is 30.0 Å². The van der Waals surface area contributed by atoms with Crippen LogP contribution in [0.5, 0.6) is 0 Å². The highest BCUT2D eigenvalue weighted by Gasteiger charge is 2.31. The zero-order valence-corrected chi connectivity index (χ0v) is 16.0. The predicted molar refractivity (Wildman–Crippen MR) is 104 cm³/mol. The van der Waals surface area contributed by atoms with Crippen LogP contribution in [0.25, 0.3) is 11.4 Å². The molecule has 0 bridgehead atoms. The molecule has 0 unspecified atom stereocenters. The molecule has 0 spiro atoms. The Morgan fingerprint density at radius 3 is 2.68 bits per heavy atom. The molecular formula is C20H18F2N4OS. The first kappa shape index (κ1) is 18.6. The van der Waals surface area contributed by atoms with Crippen molar-refractivity contribution in [1.82, 2.24) is 14.8 Å². The summed E-state index contributed by atoms with van der Waals surface area (Å²) >= 11 is 1.21. The minimum Gasteiger partial charge on any atom is -0.323 e. The molecule has 1 aliphatic rings. The number of nitrogens with zero attached hydrogens (tertiary/aromatic N) is 3. The number of amides is 1. The first-order chi connectivity index (χ1) is 13.5. The average molecular weight is 400 g/mol. The van der Waals surface area contributed by atoms with Crippen molar-refractivity contribution < 1.29 is 13.6 Å². The largest absolute Gasteiger partial charge is 0.323 e. The maximum atomic E-state index is 14.2. The molecular weight excluding hydrogens is 382 g/mol. The number of aromatic nitrogens is 3. The molecule has 0 aliphatic heterocycles. The van der Waals surface area contributed by atoms with Gasteiger partial charge in [0.25, 0.3) is 0 Å². The molecule has 3 aromatic rings. The molecule has 8 heteroatoms. The van der Waals surface area contributed by atoms with E-state index < -0.39 is 5.82 Å². The number of carbonyl (C=O) groups excluding carboxylic acids is 1. The number of aryl methyl sites for hydroxylation is 1. The van der Waals surface area contributed by atoms with Crippen LogP contribution in [-0.4, -0.2) is 26.4 Å². The molecule has 1 heterocycles. The molecule has 1 fully saturated rings. The summed E-state index contributed by atoms with van der Waals surface area (Å²) in [5.74, 6) is -0.656. The van der Waals surface area contributed by atoms with Gasteiger partial charge in [-0.2, -0.15) is 0 Å². The van der Waals surface area contributed by atoms with E-state index in [1.165, 1.54) is 30.0 Å². The van der Waals surface area contributed by atoms with Crippen LogP contribution in [0.2, 0.25) is 0 Å². The summed E-state index contributed by atoms with van der Waals surface area (Å²) in [6.45, 7) is 1.78. The van der Waals surface area contributed by atoms with Gasteiger partial charge in [0.1, 0.15) is 11.6 Å². The van der Waals surface area contributed by atoms with Crippen molar-refractivity contribution in [1.29, 1.82) is 0 Å². The Morgan fingerprint density at radius 2 is 1.96 bits per heavy atom. The maximum Gasteiger partial charge on any atom is 0.234 e. The zero-order chi connectivity index (χ0) is 19.7. The first-order valence-electron chi connectivity index (χ1n) is 8.91. The second-order valence-corrected chi connectivity index (χ2v) is 7.65. The highest BCUT2D eigenvalue weighted by Crippen LogP contribution is 2.41. The Hall–Kier alpha value is -2.74. The number of hydrogen-bond acceptors (Lipinski definition) is 4. The molecule has 0 atom stereocenters. The fourth-order valence-corrected chi connectivity index (χ4v) is 3.71. The summed E-state index contributed by atoms with van der Waals surface area (Å²) in [7, 11) is 0. The van der Waals surface area contributed by atoms with E-state index in [1.807, 2.05) is 4.57 Å². The summed E-state index contributed by atoms with van der Waals surface area (Å²) in [4.78, 5) is 12.2. The maximum absolute atomic E-state index is 14.2. The number of anilines is 1. The predicted octanol–water partition coefficient (Wildman–Crippen LogP) is 4.60. The summed E-state index contributed by atoms with van der Waals surface area (Å²) in [6.07, 6.45) is 1.93. The van der Waals surface area contributed by atoms with Crippen LogP contribution in [0.1, 0.15) is 24.4 Å². The Labute approximate surface area is 165 Å². The van der Waals surface area contributed by atoms with Crippen molar-refractivity contribution in [2.24, 2.45) is 0 Å². The second-order valence-electron chi connectivity index (χ2n) is 6.71. The Balaban J connectivity index is 1.49. The van der Waals surface area contributed by atoms with E-state index in [1.54, 1.807) is 31.2 Å². The van der Waals surface area contributed by atoms with E-state index in [2.05, 4.69) is 15.5 Å². The summed E-state index contributed by atoms with van der Waals surface area (Å²) in [6, 6.07) is 11.3. The third-order valence-electron chi connectivity index (χ3n) is 4.42. The standard InChI is InChI=1S/C20H18F2N4OS/c1-12-6-9-17(16(22)10-12)23-18(27)11-28-20-25-24-19(26(20)13-7-8-13)14-4-2-3-5-15(14)21/h2-6,9-10,13H,7-8,11H2,1H3,(H,23,27). The molecule has 144 valence electrons. The van der Waals surface area contributed by atoms with Gasteiger partial charge < -0.3 is 5.32 Å². The van der Waals surface area contributed by atoms with Gasteiger partial charge in [0, 0.05) is 6.04 Å². The molecule has 1 saturated carbocycles. The molecule has 4 rings (SSSR count). The van der Waals surface area contributed by atoms with Crippen molar-refractivity contribution in [2.45, 2.75) is 31.0 Å². The Kier molecular flexibility index (Phi) is 5.13. The van der Waals surface area contributed by atoms with Gasteiger partial charge in [-0.15, -0.1) is 10.2 Å². The highest BCUT2D eigenvalue weighted by atomic mass is 32.2. The number of hydrogen-bond donors (Lipinski definition) is 1. The molecule has 1 aromatic heterocycles. The molecule has 28 heavy (non-hydrogen) atoms. The van der Waals surface area contributed by atoms with Crippen molar-refractivity contribution >= 4 is 23.4 Å². The van der Waals surface area contributed by atoms with Gasteiger partial charge in [-0.25, -0.2) is 8.78 Å². The van der Waals surface area contributed by atoms with E-state index in [4.69, 9.17) is 0 Å². The average Bonchev–Trinajstić information content (AvgIpc) is 3.42. The first-order valence-corrected chi connectivity index (χ1v) is 9.90. The van der Waals surface area contributed by atoms with Gasteiger partial charge >= 0.3 is 0 Å². The molecule has 1 N–H and O–H groups in total. The molecule has 1 aliphatic carbocycles. The lowest BCUT2D eigenvalue weighted by Crippen LogP contribution is -2.15. The van der Waals surface area contributed by atoms with Gasteiger partial charge in [-0.05, 0) is 49.6 Å². The van der Waals surface area contributed by atoms with Crippen LogP contribution >= 0.6 is 11.8 Å². The SMILES string of the molecule is Cc1ccc(NC(=O)CSc2nnc(-c3ccccc3F)n2C2CC2)c(F)c1. The third kappa shape index (κ3) is 3.91. The number of carbonyl (C=O) groups is 1. The van der Waals surface area contributed by atoms with E-state index in [0.717, 1.165) is 18.4 Å². The second kappa shape index (κ2) is 7.71. The molecule has 2 aromatic carbocycles. The van der Waals surface area contributed by atoms with Crippen molar-refractivity contribution in [3.8, 4) is 11.4 Å². The van der Waals surface area contributed by atoms with Crippen LogP contribution in [0, 0.1) is 18.6 Å². The lowest BCUT2D eigenvalue weighted by Gasteiger charge is -2.10. The van der Waals surface area contributed by atoms with Gasteiger partial charge in [0.05, 0.1) is 17.0 Å². The van der Waals surface area contributed by atoms with Crippen LogP contribution in [0.15, 0.2) is 47.6 Å². The topological polar surface area (TPSA) is 59.8 Å². The van der Waals surface area contributed by atoms with Crippen LogP contribution in [-0.2, 0) is 4.79 Å². The monoisotopic (exact) mass is 400 g/mol. The van der Waals surface area contributed by atoms with Crippen molar-refractivity contribution in [2.75, 3.05) is 11.1 Å². The fourth-order valence-electron chi connectivity index (χ4n) is 2.90. The minimum absolute atomic E-state index is 0.0510. The minimum atomic E-state index is -0.471. The summed E-state index contributed by atoms with van der Waals surface area (Å²) < 4.78 is 30.0. The smallest absolute Gasteiger partial charge is 0.234 e. The number of benzene rings is 2. The zero-order valence-electron chi connectivity index (χ0n) is 15.2. The van der Waals surface area contributed by atoms with Crippen LogP contribution in [0.4, 0.5) is 14.5 Å². The molecule has 1 amide bonds. The Morgan fingerprint density at radius 1 is 1.18 bits per heavy atom. The van der Waals surface area contributed by atoms with Crippen LogP contribution < -0.4 is 5.32 Å². The molecule has 0 radical (unpaired) electrons. The van der Waals surface area contributed by atoms with Crippen LogP contribution in [0.3, 0.4) is 0 Å². The highest BCUT2D eigenvalue weighted by molar-refractivity contribution is 7.99. The summed E-state index contributed by atoms with van der Waals surface area (Å²) in [5, 5.41) is 11.4. The van der Waals surface area contributed by atoms with E-state index in [9.17, 15) is 13.6 Å². The fraction of sp³-hybridized carbons (Fsp3) is 0.250. The van der Waals surface area contributed by atoms with Gasteiger partial charge in [-0.3, -0.25) is 9.36 Å². The van der Waals surface area contributed by atoms with E-state index >= 15 is 0 Å². The summed E-state index contributed by atoms with van der Waals surface area (Å²) in [5.41, 5.74) is 1.31. The lowest BCUT2D eigenvalue weighted by atomic mass is 10.2. The van der Waals surface area contributed by atoms with E-state index in [-0.39, 0.29) is 29.2 Å². The quantitative estimate of drug-likeness (QED) is 0.615. The normalized spacial score (nSPS) is 13.5. The number of halogens is 2. The Bertz CT molecular complexity index is 1030. The lowest BCUT2D eigenvalue weighted by molar-refractivity contribution is -0.113. The number of thioether (sulfide) groups is 1. The van der Waals surface area contributed by atoms with Gasteiger partial charge in [0.2, 0.25) is 5.91 Å². The third-order valence-corrected chi connectivity index (χ3v) is 5.37. The van der Waals surface area contributed by atoms with E-state index in [0.29, 0.717) is 16.5 Å². The van der Waals surface area contributed by atoms with Gasteiger partial charge in [0.15, 0.2) is 11.0 Å². The number of rotatable bonds is 6. The molecule has 5 nitrogen and oxygen atoms in total. The number of nitrogens with one attached hydrogen (secondary N) is 1. The van der Waals surface area contributed by atoms with Crippen molar-refractivity contribution in [3.63, 3.8) is 0 Å². The van der Waals surface area contributed by atoms with Crippen molar-refractivity contribution in [3.05, 3.63) is 59.7 Å². The molecule has 0 saturated heterocycles.